The Balaban J connectivity index is 1.88. The normalized spacial score (nSPS) is 11.7. The molecule has 0 unspecified atom stereocenters. The van der Waals surface area contributed by atoms with Crippen molar-refractivity contribution >= 4 is 34.3 Å². The van der Waals surface area contributed by atoms with Gasteiger partial charge in [0.05, 0.1) is 11.5 Å². The highest BCUT2D eigenvalue weighted by Crippen LogP contribution is 2.26. The number of carbonyl (C=O) groups is 2. The SMILES string of the molecule is CCOC(=O)N[C@H](Cc1c[nH]c2ccccc12)C(=O)Nc1cc(F)ccc1[N+](=O)[O-]. The molecule has 1 heterocycles. The second-order valence-electron chi connectivity index (χ2n) is 6.39. The maximum Gasteiger partial charge on any atom is 0.407 e. The third kappa shape index (κ3) is 4.72. The van der Waals surface area contributed by atoms with E-state index < -0.39 is 34.5 Å². The number of anilines is 1. The molecular weight excluding hydrogens is 395 g/mol. The molecule has 2 amide bonds. The lowest BCUT2D eigenvalue weighted by Crippen LogP contribution is -2.45. The zero-order valence-corrected chi connectivity index (χ0v) is 16.0. The number of fused-ring (bicyclic) bond motifs is 1. The summed E-state index contributed by atoms with van der Waals surface area (Å²) in [5, 5.41) is 16.8. The van der Waals surface area contributed by atoms with Gasteiger partial charge in [0.1, 0.15) is 17.5 Å². The van der Waals surface area contributed by atoms with Crippen LogP contribution in [0.4, 0.5) is 20.6 Å². The van der Waals surface area contributed by atoms with Crippen molar-refractivity contribution in [1.29, 1.82) is 0 Å². The molecule has 0 saturated carbocycles. The molecule has 30 heavy (non-hydrogen) atoms. The van der Waals surface area contributed by atoms with Crippen LogP contribution >= 0.6 is 0 Å². The standard InChI is InChI=1S/C20H19FN4O5/c1-2-30-20(27)24-17(9-12-11-22-15-6-4-3-5-14(12)15)19(26)23-16-10-13(21)7-8-18(16)25(28)29/h3-8,10-11,17,22H,2,9H2,1H3,(H,23,26)(H,24,27)/t17-/m1/s1. The Morgan fingerprint density at radius 3 is 2.77 bits per heavy atom. The number of hydrogen-bond acceptors (Lipinski definition) is 5. The fraction of sp³-hybridized carbons (Fsp3) is 0.200. The monoisotopic (exact) mass is 414 g/mol. The summed E-state index contributed by atoms with van der Waals surface area (Å²) in [6, 6.07) is 9.03. The van der Waals surface area contributed by atoms with Gasteiger partial charge in [-0.1, -0.05) is 18.2 Å². The van der Waals surface area contributed by atoms with Crippen LogP contribution < -0.4 is 10.6 Å². The average molecular weight is 414 g/mol. The molecule has 3 rings (SSSR count). The summed E-state index contributed by atoms with van der Waals surface area (Å²) in [5.74, 6) is -1.50. The van der Waals surface area contributed by atoms with Crippen molar-refractivity contribution in [2.75, 3.05) is 11.9 Å². The number of H-pyrrole nitrogens is 1. The number of rotatable bonds is 7. The maximum atomic E-state index is 13.6. The molecule has 0 bridgehead atoms. The zero-order chi connectivity index (χ0) is 21.7. The Morgan fingerprint density at radius 1 is 1.27 bits per heavy atom. The van der Waals surface area contributed by atoms with E-state index in [9.17, 15) is 24.1 Å². The number of para-hydroxylation sites is 1. The summed E-state index contributed by atoms with van der Waals surface area (Å²) in [6.07, 6.45) is 0.978. The minimum atomic E-state index is -1.12. The third-order valence-electron chi connectivity index (χ3n) is 4.40. The molecule has 0 spiro atoms. The number of aromatic amines is 1. The lowest BCUT2D eigenvalue weighted by atomic mass is 10.0. The summed E-state index contributed by atoms with van der Waals surface area (Å²) >= 11 is 0. The van der Waals surface area contributed by atoms with Gasteiger partial charge in [0.2, 0.25) is 5.91 Å². The number of halogens is 1. The molecule has 0 aliphatic carbocycles. The van der Waals surface area contributed by atoms with Gasteiger partial charge < -0.3 is 20.4 Å². The van der Waals surface area contributed by atoms with E-state index in [1.54, 1.807) is 13.1 Å². The highest BCUT2D eigenvalue weighted by molar-refractivity contribution is 5.98. The van der Waals surface area contributed by atoms with Crippen molar-refractivity contribution in [2.45, 2.75) is 19.4 Å². The number of aromatic nitrogens is 1. The number of ether oxygens (including phenoxy) is 1. The van der Waals surface area contributed by atoms with Gasteiger partial charge in [0.25, 0.3) is 5.69 Å². The van der Waals surface area contributed by atoms with E-state index >= 15 is 0 Å². The number of nitrogens with zero attached hydrogens (tertiary/aromatic N) is 1. The second-order valence-corrected chi connectivity index (χ2v) is 6.39. The van der Waals surface area contributed by atoms with E-state index in [-0.39, 0.29) is 18.7 Å². The number of alkyl carbamates (subject to hydrolysis) is 1. The number of nitro groups is 1. The summed E-state index contributed by atoms with van der Waals surface area (Å²) in [5.41, 5.74) is 0.825. The van der Waals surface area contributed by atoms with Crippen molar-refractivity contribution in [3.8, 4) is 0 Å². The number of amides is 2. The molecule has 0 radical (unpaired) electrons. The smallest absolute Gasteiger partial charge is 0.407 e. The molecule has 156 valence electrons. The summed E-state index contributed by atoms with van der Waals surface area (Å²) in [4.78, 5) is 38.3. The molecule has 3 N–H and O–H groups in total. The Labute approximate surface area is 170 Å². The van der Waals surface area contributed by atoms with Crippen LogP contribution in [0.5, 0.6) is 0 Å². The lowest BCUT2D eigenvalue weighted by molar-refractivity contribution is -0.384. The molecule has 9 nitrogen and oxygen atoms in total. The molecule has 0 aliphatic heterocycles. The quantitative estimate of drug-likeness (QED) is 0.403. The lowest BCUT2D eigenvalue weighted by Gasteiger charge is -2.18. The van der Waals surface area contributed by atoms with E-state index in [0.717, 1.165) is 34.7 Å². The topological polar surface area (TPSA) is 126 Å². The van der Waals surface area contributed by atoms with Crippen LogP contribution in [0.15, 0.2) is 48.7 Å². The van der Waals surface area contributed by atoms with Crippen LogP contribution in [0, 0.1) is 15.9 Å². The first kappa shape index (κ1) is 20.8. The number of nitro benzene ring substituents is 1. The van der Waals surface area contributed by atoms with Gasteiger partial charge in [0.15, 0.2) is 0 Å². The highest BCUT2D eigenvalue weighted by Gasteiger charge is 2.26. The van der Waals surface area contributed by atoms with E-state index in [1.807, 2.05) is 24.3 Å². The van der Waals surface area contributed by atoms with Crippen LogP contribution in [0.1, 0.15) is 12.5 Å². The maximum absolute atomic E-state index is 13.6. The first-order chi connectivity index (χ1) is 14.4. The van der Waals surface area contributed by atoms with Crippen molar-refractivity contribution in [2.24, 2.45) is 0 Å². The van der Waals surface area contributed by atoms with Crippen molar-refractivity contribution in [3.63, 3.8) is 0 Å². The minimum absolute atomic E-state index is 0.0811. The van der Waals surface area contributed by atoms with Gasteiger partial charge in [0, 0.05) is 35.7 Å². The average Bonchev–Trinajstić information content (AvgIpc) is 3.10. The third-order valence-corrected chi connectivity index (χ3v) is 4.40. The first-order valence-electron chi connectivity index (χ1n) is 9.12. The molecule has 0 fully saturated rings. The van der Waals surface area contributed by atoms with Crippen LogP contribution in [-0.4, -0.2) is 34.6 Å². The molecule has 0 aliphatic rings. The second kappa shape index (κ2) is 9.03. The van der Waals surface area contributed by atoms with E-state index in [1.165, 1.54) is 0 Å². The molecule has 0 saturated heterocycles. The van der Waals surface area contributed by atoms with Gasteiger partial charge in [-0.25, -0.2) is 9.18 Å². The fourth-order valence-corrected chi connectivity index (χ4v) is 3.03. The van der Waals surface area contributed by atoms with E-state index in [0.29, 0.717) is 0 Å². The Hall–Kier alpha value is -3.95. The largest absolute Gasteiger partial charge is 0.450 e. The van der Waals surface area contributed by atoms with Crippen LogP contribution in [-0.2, 0) is 16.0 Å². The molecule has 2 aromatic carbocycles. The summed E-state index contributed by atoms with van der Waals surface area (Å²) in [7, 11) is 0. The molecule has 10 heteroatoms. The van der Waals surface area contributed by atoms with E-state index in [2.05, 4.69) is 15.6 Å². The Bertz CT molecular complexity index is 1100. The van der Waals surface area contributed by atoms with Crippen LogP contribution in [0.25, 0.3) is 10.9 Å². The summed E-state index contributed by atoms with van der Waals surface area (Å²) in [6.45, 7) is 1.72. The highest BCUT2D eigenvalue weighted by atomic mass is 19.1. The van der Waals surface area contributed by atoms with Crippen LogP contribution in [0.3, 0.4) is 0 Å². The van der Waals surface area contributed by atoms with E-state index in [4.69, 9.17) is 4.74 Å². The summed E-state index contributed by atoms with van der Waals surface area (Å²) < 4.78 is 18.4. The predicted molar refractivity (Wildman–Crippen MR) is 108 cm³/mol. The number of nitrogens with one attached hydrogen (secondary N) is 3. The van der Waals surface area contributed by atoms with Crippen molar-refractivity contribution < 1.29 is 23.6 Å². The Kier molecular flexibility index (Phi) is 6.26. The predicted octanol–water partition coefficient (Wildman–Crippen LogP) is 3.51. The first-order valence-corrected chi connectivity index (χ1v) is 9.12. The minimum Gasteiger partial charge on any atom is -0.450 e. The zero-order valence-electron chi connectivity index (χ0n) is 16.0. The molecule has 3 aromatic rings. The van der Waals surface area contributed by atoms with Gasteiger partial charge in [-0.05, 0) is 24.6 Å². The van der Waals surface area contributed by atoms with Gasteiger partial charge >= 0.3 is 6.09 Å². The molecule has 1 atom stereocenters. The number of carbonyl (C=O) groups excluding carboxylic acids is 2. The number of hydrogen-bond donors (Lipinski definition) is 3. The van der Waals surface area contributed by atoms with Crippen molar-refractivity contribution in [3.05, 3.63) is 70.2 Å². The van der Waals surface area contributed by atoms with Gasteiger partial charge in [-0.3, -0.25) is 14.9 Å². The fourth-order valence-electron chi connectivity index (χ4n) is 3.03. The number of benzene rings is 2. The van der Waals surface area contributed by atoms with Crippen molar-refractivity contribution in [1.82, 2.24) is 10.3 Å². The molecular formula is C20H19FN4O5. The Morgan fingerprint density at radius 2 is 2.03 bits per heavy atom. The van der Waals surface area contributed by atoms with Gasteiger partial charge in [-0.15, -0.1) is 0 Å². The van der Waals surface area contributed by atoms with Crippen LogP contribution in [0.2, 0.25) is 0 Å². The molecule has 1 aromatic heterocycles. The van der Waals surface area contributed by atoms with Gasteiger partial charge in [-0.2, -0.15) is 0 Å².